The summed E-state index contributed by atoms with van der Waals surface area (Å²) in [6.07, 6.45) is -3.45. The summed E-state index contributed by atoms with van der Waals surface area (Å²) in [6.45, 7) is 4.29. The Morgan fingerprint density at radius 1 is 1.24 bits per heavy atom. The van der Waals surface area contributed by atoms with Crippen LogP contribution in [0.1, 0.15) is 11.1 Å². The molecule has 0 aliphatic carbocycles. The van der Waals surface area contributed by atoms with E-state index in [9.17, 15) is 26.4 Å². The number of nitrogens with zero attached hydrogens (tertiary/aromatic N) is 1. The Morgan fingerprint density at radius 3 is 2.52 bits per heavy atom. The third kappa shape index (κ3) is 5.81. The maximum atomic E-state index is 12.9. The molecule has 0 bridgehead atoms. The second kappa shape index (κ2) is 8.98. The van der Waals surface area contributed by atoms with Crippen molar-refractivity contribution in [2.75, 3.05) is 18.4 Å². The highest BCUT2D eigenvalue weighted by Crippen LogP contribution is 2.31. The fourth-order valence-corrected chi connectivity index (χ4v) is 4.13. The molecule has 0 fully saturated rings. The van der Waals surface area contributed by atoms with Crippen LogP contribution in [0.4, 0.5) is 18.9 Å². The molecule has 0 saturated heterocycles. The summed E-state index contributed by atoms with van der Waals surface area (Å²) in [6, 6.07) is 8.10. The Morgan fingerprint density at radius 2 is 1.93 bits per heavy atom. The van der Waals surface area contributed by atoms with Crippen LogP contribution >= 0.6 is 11.6 Å². The lowest BCUT2D eigenvalue weighted by Gasteiger charge is -2.21. The molecule has 2 aromatic rings. The van der Waals surface area contributed by atoms with Crippen LogP contribution < -0.4 is 5.32 Å². The molecule has 1 amide bonds. The van der Waals surface area contributed by atoms with E-state index in [4.69, 9.17) is 11.6 Å². The fraction of sp³-hybridized carbons (Fsp3) is 0.211. The van der Waals surface area contributed by atoms with Crippen LogP contribution in [0.5, 0.6) is 0 Å². The van der Waals surface area contributed by atoms with Crippen LogP contribution in [0.2, 0.25) is 5.02 Å². The molecule has 2 aromatic carbocycles. The van der Waals surface area contributed by atoms with Crippen LogP contribution in [0, 0.1) is 6.92 Å². The lowest BCUT2D eigenvalue weighted by molar-refractivity contribution is -0.137. The minimum atomic E-state index is -4.70. The molecule has 0 spiro atoms. The molecular formula is C19H18ClF3N2O3S. The molecular weight excluding hydrogens is 429 g/mol. The average Bonchev–Trinajstić information content (AvgIpc) is 2.63. The van der Waals surface area contributed by atoms with Gasteiger partial charge in [0, 0.05) is 17.3 Å². The average molecular weight is 447 g/mol. The molecule has 0 atom stereocenters. The van der Waals surface area contributed by atoms with E-state index in [-0.39, 0.29) is 6.54 Å². The first-order valence-electron chi connectivity index (χ1n) is 8.29. The van der Waals surface area contributed by atoms with Crippen molar-refractivity contribution in [2.45, 2.75) is 18.0 Å². The molecule has 0 radical (unpaired) electrons. The van der Waals surface area contributed by atoms with Crippen LogP contribution in [-0.2, 0) is 21.0 Å². The molecule has 1 N–H and O–H groups in total. The maximum Gasteiger partial charge on any atom is 0.416 e. The minimum Gasteiger partial charge on any atom is -0.325 e. The number of rotatable bonds is 7. The number of hydrogen-bond donors (Lipinski definition) is 1. The summed E-state index contributed by atoms with van der Waals surface area (Å²) in [5, 5.41) is 3.04. The first-order chi connectivity index (χ1) is 13.4. The third-order valence-corrected chi connectivity index (χ3v) is 5.96. The molecule has 29 heavy (non-hydrogen) atoms. The van der Waals surface area contributed by atoms with Gasteiger partial charge in [-0.1, -0.05) is 23.7 Å². The smallest absolute Gasteiger partial charge is 0.325 e. The van der Waals surface area contributed by atoms with Gasteiger partial charge in [0.1, 0.15) is 0 Å². The van der Waals surface area contributed by atoms with Gasteiger partial charge in [-0.2, -0.15) is 17.5 Å². The standard InChI is InChI=1S/C19H18ClF3N2O3S/c1-3-9-25(12-18(26)24-17-8-7-15(20)10-13(17)2)29(27,28)16-6-4-5-14(11-16)19(21,22)23/h3-8,10-11H,1,9,12H2,2H3,(H,24,26). The molecule has 2 rings (SSSR count). The maximum absolute atomic E-state index is 12.9. The van der Waals surface area contributed by atoms with Crippen molar-refractivity contribution in [1.29, 1.82) is 0 Å². The van der Waals surface area contributed by atoms with Gasteiger partial charge in [0.25, 0.3) is 0 Å². The topological polar surface area (TPSA) is 66.5 Å². The van der Waals surface area contributed by atoms with Crippen LogP contribution in [-0.4, -0.2) is 31.7 Å². The monoisotopic (exact) mass is 446 g/mol. The SMILES string of the molecule is C=CCN(CC(=O)Nc1ccc(Cl)cc1C)S(=O)(=O)c1cccc(C(F)(F)F)c1. The van der Waals surface area contributed by atoms with E-state index < -0.39 is 39.1 Å². The van der Waals surface area contributed by atoms with Crippen molar-refractivity contribution >= 4 is 33.2 Å². The summed E-state index contributed by atoms with van der Waals surface area (Å²) in [7, 11) is -4.37. The number of anilines is 1. The van der Waals surface area contributed by atoms with Crippen molar-refractivity contribution in [3.8, 4) is 0 Å². The zero-order chi connectivity index (χ0) is 21.8. The van der Waals surface area contributed by atoms with Crippen LogP contribution in [0.3, 0.4) is 0 Å². The van der Waals surface area contributed by atoms with Gasteiger partial charge in [-0.25, -0.2) is 8.42 Å². The number of halogens is 4. The summed E-state index contributed by atoms with van der Waals surface area (Å²) >= 11 is 5.86. The number of hydrogen-bond acceptors (Lipinski definition) is 3. The lowest BCUT2D eigenvalue weighted by atomic mass is 10.2. The summed E-state index contributed by atoms with van der Waals surface area (Å²) in [5.41, 5.74) is 0.00893. The van der Waals surface area contributed by atoms with E-state index in [1.807, 2.05) is 0 Å². The second-order valence-corrected chi connectivity index (χ2v) is 8.49. The van der Waals surface area contributed by atoms with Crippen molar-refractivity contribution in [1.82, 2.24) is 4.31 Å². The molecule has 0 aliphatic rings. The molecule has 5 nitrogen and oxygen atoms in total. The van der Waals surface area contributed by atoms with Gasteiger partial charge < -0.3 is 5.32 Å². The van der Waals surface area contributed by atoms with Gasteiger partial charge in [-0.15, -0.1) is 6.58 Å². The Bertz CT molecular complexity index is 1020. The van der Waals surface area contributed by atoms with Gasteiger partial charge in [-0.05, 0) is 48.9 Å². The predicted octanol–water partition coefficient (Wildman–Crippen LogP) is 4.48. The Labute approximate surface area is 171 Å². The Kier molecular flexibility index (Phi) is 7.10. The van der Waals surface area contributed by atoms with Crippen molar-refractivity contribution in [3.63, 3.8) is 0 Å². The normalized spacial score (nSPS) is 12.1. The molecule has 0 aromatic heterocycles. The number of carbonyl (C=O) groups excluding carboxylic acids is 1. The van der Waals surface area contributed by atoms with Crippen LogP contribution in [0.15, 0.2) is 60.0 Å². The molecule has 156 valence electrons. The zero-order valence-corrected chi connectivity index (χ0v) is 16.9. The first-order valence-corrected chi connectivity index (χ1v) is 10.1. The Hall–Kier alpha value is -2.36. The second-order valence-electron chi connectivity index (χ2n) is 6.12. The number of aryl methyl sites for hydroxylation is 1. The van der Waals surface area contributed by atoms with Crippen molar-refractivity contribution in [3.05, 3.63) is 71.3 Å². The summed E-state index contributed by atoms with van der Waals surface area (Å²) in [5.74, 6) is -0.659. The predicted molar refractivity (Wildman–Crippen MR) is 105 cm³/mol. The van der Waals surface area contributed by atoms with Gasteiger partial charge in [0.05, 0.1) is 17.0 Å². The number of carbonyl (C=O) groups is 1. The van der Waals surface area contributed by atoms with Gasteiger partial charge >= 0.3 is 6.18 Å². The van der Waals surface area contributed by atoms with Gasteiger partial charge in [-0.3, -0.25) is 4.79 Å². The largest absolute Gasteiger partial charge is 0.416 e. The van der Waals surface area contributed by atoms with E-state index in [1.54, 1.807) is 25.1 Å². The lowest BCUT2D eigenvalue weighted by Crippen LogP contribution is -2.38. The van der Waals surface area contributed by atoms with Crippen molar-refractivity contribution < 1.29 is 26.4 Å². The molecule has 0 heterocycles. The zero-order valence-electron chi connectivity index (χ0n) is 15.3. The number of benzene rings is 2. The highest BCUT2D eigenvalue weighted by molar-refractivity contribution is 7.89. The van der Waals surface area contributed by atoms with Gasteiger partial charge in [0.15, 0.2) is 0 Å². The van der Waals surface area contributed by atoms with Gasteiger partial charge in [0.2, 0.25) is 15.9 Å². The van der Waals surface area contributed by atoms with E-state index in [0.29, 0.717) is 22.3 Å². The number of nitrogens with one attached hydrogen (secondary N) is 1. The number of sulfonamides is 1. The number of alkyl halides is 3. The van der Waals surface area contributed by atoms with E-state index in [0.717, 1.165) is 22.5 Å². The molecule has 0 saturated carbocycles. The van der Waals surface area contributed by atoms with E-state index in [1.165, 1.54) is 6.08 Å². The minimum absolute atomic E-state index is 0.258. The molecule has 0 unspecified atom stereocenters. The summed E-state index contributed by atoms with van der Waals surface area (Å²) < 4.78 is 65.2. The highest BCUT2D eigenvalue weighted by Gasteiger charge is 2.33. The van der Waals surface area contributed by atoms with Crippen LogP contribution in [0.25, 0.3) is 0 Å². The summed E-state index contributed by atoms with van der Waals surface area (Å²) in [4.78, 5) is 11.8. The fourth-order valence-electron chi connectivity index (χ4n) is 2.49. The first kappa shape index (κ1) is 22.9. The third-order valence-electron chi connectivity index (χ3n) is 3.91. The Balaban J connectivity index is 2.28. The van der Waals surface area contributed by atoms with E-state index in [2.05, 4.69) is 11.9 Å². The number of amides is 1. The molecule has 10 heteroatoms. The van der Waals surface area contributed by atoms with E-state index >= 15 is 0 Å². The highest BCUT2D eigenvalue weighted by atomic mass is 35.5. The molecule has 0 aliphatic heterocycles. The quantitative estimate of drug-likeness (QED) is 0.637. The van der Waals surface area contributed by atoms with Crippen molar-refractivity contribution in [2.24, 2.45) is 0 Å².